The lowest BCUT2D eigenvalue weighted by atomic mass is 9.95. The third-order valence-electron chi connectivity index (χ3n) is 3.55. The maximum Gasteiger partial charge on any atom is 0.128 e. The van der Waals surface area contributed by atoms with E-state index in [4.69, 9.17) is 11.6 Å². The Morgan fingerprint density at radius 2 is 1.95 bits per heavy atom. The number of halogens is 2. The third-order valence-corrected chi connectivity index (χ3v) is 3.78. The Labute approximate surface area is 127 Å². The van der Waals surface area contributed by atoms with E-state index in [1.165, 1.54) is 6.07 Å². The van der Waals surface area contributed by atoms with E-state index in [-0.39, 0.29) is 11.9 Å². The molecule has 0 radical (unpaired) electrons. The Bertz CT molecular complexity index is 783. The van der Waals surface area contributed by atoms with Crippen LogP contribution in [0.5, 0.6) is 0 Å². The number of fused-ring (bicyclic) bond motifs is 1. The molecular weight excluding hydrogens is 287 g/mol. The molecule has 1 atom stereocenters. The fourth-order valence-electron chi connectivity index (χ4n) is 2.59. The summed E-state index contributed by atoms with van der Waals surface area (Å²) in [5.41, 5.74) is 2.39. The maximum atomic E-state index is 14.2. The van der Waals surface area contributed by atoms with E-state index in [1.54, 1.807) is 25.4 Å². The van der Waals surface area contributed by atoms with Gasteiger partial charge in [0.2, 0.25) is 0 Å². The highest BCUT2D eigenvalue weighted by atomic mass is 35.5. The molecule has 0 bridgehead atoms. The minimum Gasteiger partial charge on any atom is -0.309 e. The average Bonchev–Trinajstić information content (AvgIpc) is 2.51. The zero-order valence-corrected chi connectivity index (χ0v) is 12.2. The van der Waals surface area contributed by atoms with E-state index < -0.39 is 0 Å². The first-order chi connectivity index (χ1) is 10.2. The number of pyridine rings is 1. The van der Waals surface area contributed by atoms with E-state index in [0.29, 0.717) is 10.6 Å². The van der Waals surface area contributed by atoms with Crippen molar-refractivity contribution in [2.75, 3.05) is 7.05 Å². The molecule has 1 heterocycles. The Morgan fingerprint density at radius 1 is 1.10 bits per heavy atom. The van der Waals surface area contributed by atoms with Crippen molar-refractivity contribution in [3.8, 4) is 0 Å². The zero-order valence-electron chi connectivity index (χ0n) is 11.5. The van der Waals surface area contributed by atoms with Crippen LogP contribution < -0.4 is 5.32 Å². The molecule has 4 heteroatoms. The molecule has 1 unspecified atom stereocenters. The van der Waals surface area contributed by atoms with Crippen molar-refractivity contribution in [3.05, 3.63) is 76.7 Å². The van der Waals surface area contributed by atoms with Crippen molar-refractivity contribution in [2.45, 2.75) is 6.04 Å². The van der Waals surface area contributed by atoms with Crippen LogP contribution in [0.2, 0.25) is 5.02 Å². The molecule has 21 heavy (non-hydrogen) atoms. The number of rotatable bonds is 3. The Hall–Kier alpha value is -1.97. The molecule has 0 amide bonds. The largest absolute Gasteiger partial charge is 0.309 e. The first-order valence-electron chi connectivity index (χ1n) is 6.66. The summed E-state index contributed by atoms with van der Waals surface area (Å²) < 4.78 is 14.2. The summed E-state index contributed by atoms with van der Waals surface area (Å²) in [4.78, 5) is 4.34. The molecule has 0 aliphatic carbocycles. The zero-order chi connectivity index (χ0) is 14.8. The Morgan fingerprint density at radius 3 is 2.76 bits per heavy atom. The quantitative estimate of drug-likeness (QED) is 0.778. The molecule has 0 saturated heterocycles. The molecule has 1 aromatic heterocycles. The lowest BCUT2D eigenvalue weighted by Crippen LogP contribution is -2.19. The lowest BCUT2D eigenvalue weighted by Gasteiger charge is -2.20. The fraction of sp³-hybridized carbons (Fsp3) is 0.118. The van der Waals surface area contributed by atoms with Crippen LogP contribution in [-0.2, 0) is 0 Å². The van der Waals surface area contributed by atoms with Crippen LogP contribution >= 0.6 is 11.6 Å². The minimum atomic E-state index is -0.281. The van der Waals surface area contributed by atoms with Crippen LogP contribution in [0.1, 0.15) is 17.2 Å². The van der Waals surface area contributed by atoms with Gasteiger partial charge in [-0.2, -0.15) is 0 Å². The second-order valence-electron chi connectivity index (χ2n) is 4.80. The van der Waals surface area contributed by atoms with E-state index >= 15 is 0 Å². The molecule has 2 aromatic carbocycles. The smallest absolute Gasteiger partial charge is 0.128 e. The van der Waals surface area contributed by atoms with E-state index in [1.807, 2.05) is 30.3 Å². The first-order valence-corrected chi connectivity index (χ1v) is 7.04. The summed E-state index contributed by atoms with van der Waals surface area (Å²) in [6.45, 7) is 0. The molecule has 0 aliphatic heterocycles. The first kappa shape index (κ1) is 14.0. The SMILES string of the molecule is CNC(c1cc(Cl)ccc1F)c1cccc2ncccc12. The van der Waals surface area contributed by atoms with E-state index in [2.05, 4.69) is 10.3 Å². The van der Waals surface area contributed by atoms with Crippen LogP contribution in [0, 0.1) is 5.82 Å². The maximum absolute atomic E-state index is 14.2. The van der Waals surface area contributed by atoms with Crippen molar-refractivity contribution in [3.63, 3.8) is 0 Å². The van der Waals surface area contributed by atoms with Gasteiger partial charge in [0, 0.05) is 22.2 Å². The van der Waals surface area contributed by atoms with Gasteiger partial charge >= 0.3 is 0 Å². The predicted octanol–water partition coefficient (Wildman–Crippen LogP) is 4.34. The summed E-state index contributed by atoms with van der Waals surface area (Å²) in [7, 11) is 1.81. The topological polar surface area (TPSA) is 24.9 Å². The van der Waals surface area contributed by atoms with Crippen LogP contribution in [-0.4, -0.2) is 12.0 Å². The molecule has 0 spiro atoms. The summed E-state index contributed by atoms with van der Waals surface area (Å²) in [5, 5.41) is 4.69. The van der Waals surface area contributed by atoms with E-state index in [0.717, 1.165) is 16.5 Å². The van der Waals surface area contributed by atoms with E-state index in [9.17, 15) is 4.39 Å². The molecule has 0 fully saturated rings. The molecule has 0 saturated carbocycles. The van der Waals surface area contributed by atoms with Crippen molar-refractivity contribution in [2.24, 2.45) is 0 Å². The van der Waals surface area contributed by atoms with Crippen LogP contribution in [0.4, 0.5) is 4.39 Å². The number of aromatic nitrogens is 1. The molecule has 3 aromatic rings. The highest BCUT2D eigenvalue weighted by Crippen LogP contribution is 2.30. The number of benzene rings is 2. The monoisotopic (exact) mass is 300 g/mol. The van der Waals surface area contributed by atoms with Gasteiger partial charge < -0.3 is 5.32 Å². The molecule has 1 N–H and O–H groups in total. The number of hydrogen-bond acceptors (Lipinski definition) is 2. The van der Waals surface area contributed by atoms with Gasteiger partial charge in [0.05, 0.1) is 11.6 Å². The molecule has 3 rings (SSSR count). The van der Waals surface area contributed by atoms with Crippen LogP contribution in [0.3, 0.4) is 0 Å². The second kappa shape index (κ2) is 5.80. The summed E-state index contributed by atoms with van der Waals surface area (Å²) >= 11 is 6.02. The third kappa shape index (κ3) is 2.62. The normalized spacial score (nSPS) is 12.5. The van der Waals surface area contributed by atoms with Gasteiger partial charge in [-0.1, -0.05) is 29.8 Å². The number of hydrogen-bond donors (Lipinski definition) is 1. The Kier molecular flexibility index (Phi) is 3.86. The summed E-state index contributed by atoms with van der Waals surface area (Å²) in [6.07, 6.45) is 1.75. The fourth-order valence-corrected chi connectivity index (χ4v) is 2.77. The second-order valence-corrected chi connectivity index (χ2v) is 5.24. The van der Waals surface area contributed by atoms with Crippen LogP contribution in [0.15, 0.2) is 54.7 Å². The minimum absolute atomic E-state index is 0.278. The van der Waals surface area contributed by atoms with Gasteiger partial charge in [0.1, 0.15) is 5.82 Å². The lowest BCUT2D eigenvalue weighted by molar-refractivity contribution is 0.577. The molecular formula is C17H14ClFN2. The predicted molar refractivity (Wildman–Crippen MR) is 84.1 cm³/mol. The van der Waals surface area contributed by atoms with Gasteiger partial charge in [0.15, 0.2) is 0 Å². The molecule has 2 nitrogen and oxygen atoms in total. The summed E-state index contributed by atoms with van der Waals surface area (Å²) in [6, 6.07) is 14.0. The van der Waals surface area contributed by atoms with Crippen LogP contribution in [0.25, 0.3) is 10.9 Å². The Balaban J connectivity index is 2.21. The average molecular weight is 301 g/mol. The highest BCUT2D eigenvalue weighted by molar-refractivity contribution is 6.30. The van der Waals surface area contributed by atoms with Crippen molar-refractivity contribution >= 4 is 22.5 Å². The molecule has 0 aliphatic rings. The van der Waals surface area contributed by atoms with Gasteiger partial charge in [-0.3, -0.25) is 4.98 Å². The van der Waals surface area contributed by atoms with Gasteiger partial charge in [0.25, 0.3) is 0 Å². The number of nitrogens with one attached hydrogen (secondary N) is 1. The van der Waals surface area contributed by atoms with Gasteiger partial charge in [-0.25, -0.2) is 4.39 Å². The summed E-state index contributed by atoms with van der Waals surface area (Å²) in [5.74, 6) is -0.278. The van der Waals surface area contributed by atoms with Crippen molar-refractivity contribution in [1.29, 1.82) is 0 Å². The van der Waals surface area contributed by atoms with Gasteiger partial charge in [-0.15, -0.1) is 0 Å². The molecule has 106 valence electrons. The standard InChI is InChI=1S/C17H14ClFN2/c1-20-17(14-10-11(18)7-8-15(14)19)13-4-2-6-16-12(13)5-3-9-21-16/h2-10,17,20H,1H3. The van der Waals surface area contributed by atoms with Crippen molar-refractivity contribution in [1.82, 2.24) is 10.3 Å². The number of nitrogens with zero attached hydrogens (tertiary/aromatic N) is 1. The highest BCUT2D eigenvalue weighted by Gasteiger charge is 2.18. The van der Waals surface area contributed by atoms with Crippen molar-refractivity contribution < 1.29 is 4.39 Å². The van der Waals surface area contributed by atoms with Gasteiger partial charge in [-0.05, 0) is 42.9 Å².